The first-order chi connectivity index (χ1) is 14.1. The molecule has 0 aliphatic rings. The minimum absolute atomic E-state index is 0.201. The Morgan fingerprint density at radius 2 is 1.93 bits per heavy atom. The van der Waals surface area contributed by atoms with Gasteiger partial charge < -0.3 is 14.8 Å². The lowest BCUT2D eigenvalue weighted by atomic mass is 10.2. The molecule has 29 heavy (non-hydrogen) atoms. The lowest BCUT2D eigenvalue weighted by Gasteiger charge is -2.08. The monoisotopic (exact) mass is 424 g/mol. The van der Waals surface area contributed by atoms with Gasteiger partial charge in [0, 0.05) is 35.0 Å². The molecule has 1 N–H and O–H groups in total. The smallest absolute Gasteiger partial charge is 0.263 e. The number of carbonyl (C=O) groups is 1. The van der Waals surface area contributed by atoms with Crippen LogP contribution in [0.3, 0.4) is 0 Å². The van der Waals surface area contributed by atoms with E-state index in [1.165, 1.54) is 11.3 Å². The second-order valence-electron chi connectivity index (χ2n) is 6.21. The molecule has 4 aromatic rings. The van der Waals surface area contributed by atoms with Gasteiger partial charge in [0.2, 0.25) is 5.88 Å². The van der Waals surface area contributed by atoms with Gasteiger partial charge in [-0.3, -0.25) is 4.79 Å². The molecule has 0 unspecified atom stereocenters. The summed E-state index contributed by atoms with van der Waals surface area (Å²) >= 11 is 7.75. The molecule has 2 heterocycles. The third-order valence-corrected chi connectivity index (χ3v) is 5.93. The van der Waals surface area contributed by atoms with Crippen LogP contribution < -0.4 is 14.8 Å². The van der Waals surface area contributed by atoms with Gasteiger partial charge in [0.25, 0.3) is 5.91 Å². The van der Waals surface area contributed by atoms with Crippen molar-refractivity contribution in [3.05, 3.63) is 82.3 Å². The molecule has 0 aliphatic heterocycles. The number of hydrogen-bond donors (Lipinski definition) is 1. The molecule has 0 radical (unpaired) electrons. The van der Waals surface area contributed by atoms with Gasteiger partial charge in [-0.2, -0.15) is 0 Å². The number of benzene rings is 2. The summed E-state index contributed by atoms with van der Waals surface area (Å²) in [5, 5.41) is 4.27. The molecule has 2 aromatic heterocycles. The summed E-state index contributed by atoms with van der Waals surface area (Å²) < 4.78 is 11.9. The van der Waals surface area contributed by atoms with Crippen LogP contribution in [0.5, 0.6) is 17.4 Å². The van der Waals surface area contributed by atoms with Crippen molar-refractivity contribution >= 4 is 38.9 Å². The van der Waals surface area contributed by atoms with Crippen LogP contribution in [0, 0.1) is 0 Å². The Balaban J connectivity index is 1.39. The van der Waals surface area contributed by atoms with Crippen molar-refractivity contribution in [2.45, 2.75) is 6.54 Å². The van der Waals surface area contributed by atoms with E-state index in [0.717, 1.165) is 15.6 Å². The number of nitrogens with one attached hydrogen (secondary N) is 1. The van der Waals surface area contributed by atoms with E-state index in [0.29, 0.717) is 33.8 Å². The van der Waals surface area contributed by atoms with Gasteiger partial charge in [-0.1, -0.05) is 41.9 Å². The highest BCUT2D eigenvalue weighted by atomic mass is 35.5. The minimum Gasteiger partial charge on any atom is -0.497 e. The molecule has 0 saturated carbocycles. The first kappa shape index (κ1) is 19.2. The summed E-state index contributed by atoms with van der Waals surface area (Å²) in [5.41, 5.74) is 0.855. The minimum atomic E-state index is -0.201. The van der Waals surface area contributed by atoms with Gasteiger partial charge in [-0.05, 0) is 23.8 Å². The van der Waals surface area contributed by atoms with Crippen LogP contribution >= 0.6 is 22.9 Å². The maximum atomic E-state index is 12.5. The molecular weight excluding hydrogens is 408 g/mol. The Kier molecular flexibility index (Phi) is 5.64. The summed E-state index contributed by atoms with van der Waals surface area (Å²) in [6.07, 6.45) is 1.67. The average Bonchev–Trinajstić information content (AvgIpc) is 3.10. The highest BCUT2D eigenvalue weighted by Gasteiger charge is 2.16. The lowest BCUT2D eigenvalue weighted by molar-refractivity contribution is 0.0955. The Hall–Kier alpha value is -3.09. The van der Waals surface area contributed by atoms with Crippen molar-refractivity contribution in [1.29, 1.82) is 0 Å². The number of carbonyl (C=O) groups excluding carboxylic acids is 1. The standard InChI is InChI=1S/C22H17ClN2O3S/c1-27-15-5-4-6-16(11-15)28-19-10-9-14(12-24-19)13-25-22(26)21-20(23)17-7-2-3-8-18(17)29-21/h2-12H,13H2,1H3,(H,25,26). The number of aromatic nitrogens is 1. The fourth-order valence-electron chi connectivity index (χ4n) is 2.78. The van der Waals surface area contributed by atoms with Crippen molar-refractivity contribution in [2.24, 2.45) is 0 Å². The fraction of sp³-hybridized carbons (Fsp3) is 0.0909. The number of ether oxygens (including phenoxy) is 2. The fourth-order valence-corrected chi connectivity index (χ4v) is 4.22. The Bertz CT molecular complexity index is 1160. The molecule has 0 fully saturated rings. The van der Waals surface area contributed by atoms with Gasteiger partial charge in [0.15, 0.2) is 0 Å². The molecule has 146 valence electrons. The highest BCUT2D eigenvalue weighted by molar-refractivity contribution is 7.21. The third-order valence-electron chi connectivity index (χ3n) is 4.26. The molecular formula is C22H17ClN2O3S. The molecule has 0 atom stereocenters. The first-order valence-electron chi connectivity index (χ1n) is 8.86. The van der Waals surface area contributed by atoms with E-state index in [-0.39, 0.29) is 5.91 Å². The molecule has 1 amide bonds. The van der Waals surface area contributed by atoms with Crippen molar-refractivity contribution in [3.8, 4) is 17.4 Å². The number of pyridine rings is 1. The Morgan fingerprint density at radius 1 is 1.10 bits per heavy atom. The zero-order chi connectivity index (χ0) is 20.2. The van der Waals surface area contributed by atoms with Crippen LogP contribution in [0.2, 0.25) is 5.02 Å². The quantitative estimate of drug-likeness (QED) is 0.432. The molecule has 0 spiro atoms. The first-order valence-corrected chi connectivity index (χ1v) is 10.1. The number of rotatable bonds is 6. The van der Waals surface area contributed by atoms with E-state index in [9.17, 15) is 4.79 Å². The van der Waals surface area contributed by atoms with Crippen LogP contribution in [0.15, 0.2) is 66.9 Å². The molecule has 4 rings (SSSR count). The zero-order valence-corrected chi connectivity index (χ0v) is 17.1. The van der Waals surface area contributed by atoms with Crippen molar-refractivity contribution in [1.82, 2.24) is 10.3 Å². The summed E-state index contributed by atoms with van der Waals surface area (Å²) in [6, 6.07) is 18.6. The number of fused-ring (bicyclic) bond motifs is 1. The number of thiophene rings is 1. The second kappa shape index (κ2) is 8.51. The molecule has 2 aromatic carbocycles. The number of methoxy groups -OCH3 is 1. The summed E-state index contributed by atoms with van der Waals surface area (Å²) in [4.78, 5) is 17.3. The maximum Gasteiger partial charge on any atom is 0.263 e. The van der Waals surface area contributed by atoms with Gasteiger partial charge in [0.1, 0.15) is 16.4 Å². The van der Waals surface area contributed by atoms with Crippen LogP contribution in [0.1, 0.15) is 15.2 Å². The maximum absolute atomic E-state index is 12.5. The highest BCUT2D eigenvalue weighted by Crippen LogP contribution is 2.35. The topological polar surface area (TPSA) is 60.5 Å². The van der Waals surface area contributed by atoms with Gasteiger partial charge in [0.05, 0.1) is 12.1 Å². The molecule has 0 aliphatic carbocycles. The van der Waals surface area contributed by atoms with E-state index >= 15 is 0 Å². The Morgan fingerprint density at radius 3 is 2.69 bits per heavy atom. The van der Waals surface area contributed by atoms with Gasteiger partial charge >= 0.3 is 0 Å². The zero-order valence-electron chi connectivity index (χ0n) is 15.5. The average molecular weight is 425 g/mol. The molecule has 0 saturated heterocycles. The number of amides is 1. The predicted molar refractivity (Wildman–Crippen MR) is 115 cm³/mol. The van der Waals surface area contributed by atoms with Crippen LogP contribution in [-0.4, -0.2) is 18.0 Å². The predicted octanol–water partition coefficient (Wildman–Crippen LogP) is 5.68. The lowest BCUT2D eigenvalue weighted by Crippen LogP contribution is -2.22. The SMILES string of the molecule is COc1cccc(Oc2ccc(CNC(=O)c3sc4ccccc4c3Cl)cn2)c1. The van der Waals surface area contributed by atoms with Crippen LogP contribution in [0.4, 0.5) is 0 Å². The van der Waals surface area contributed by atoms with E-state index in [1.807, 2.05) is 48.5 Å². The van der Waals surface area contributed by atoms with E-state index < -0.39 is 0 Å². The Labute approximate surface area is 176 Å². The third kappa shape index (κ3) is 4.34. The van der Waals surface area contributed by atoms with E-state index in [4.69, 9.17) is 21.1 Å². The van der Waals surface area contributed by atoms with Crippen LogP contribution in [-0.2, 0) is 6.54 Å². The summed E-state index contributed by atoms with van der Waals surface area (Å²) in [6.45, 7) is 0.343. The normalized spacial score (nSPS) is 10.7. The number of halogens is 1. The molecule has 0 bridgehead atoms. The van der Waals surface area contributed by atoms with E-state index in [1.54, 1.807) is 25.4 Å². The van der Waals surface area contributed by atoms with Gasteiger partial charge in [-0.15, -0.1) is 11.3 Å². The number of nitrogens with zero attached hydrogens (tertiary/aromatic N) is 1. The molecule has 7 heteroatoms. The van der Waals surface area contributed by atoms with Crippen molar-refractivity contribution in [2.75, 3.05) is 7.11 Å². The summed E-state index contributed by atoms with van der Waals surface area (Å²) in [5.74, 6) is 1.60. The van der Waals surface area contributed by atoms with Crippen molar-refractivity contribution < 1.29 is 14.3 Å². The summed E-state index contributed by atoms with van der Waals surface area (Å²) in [7, 11) is 1.60. The van der Waals surface area contributed by atoms with Crippen molar-refractivity contribution in [3.63, 3.8) is 0 Å². The van der Waals surface area contributed by atoms with E-state index in [2.05, 4.69) is 10.3 Å². The largest absolute Gasteiger partial charge is 0.497 e. The van der Waals surface area contributed by atoms with Crippen LogP contribution in [0.25, 0.3) is 10.1 Å². The molecule has 5 nitrogen and oxygen atoms in total. The second-order valence-corrected chi connectivity index (χ2v) is 7.64. The van der Waals surface area contributed by atoms with Gasteiger partial charge in [-0.25, -0.2) is 4.98 Å². The number of hydrogen-bond acceptors (Lipinski definition) is 5.